The van der Waals surface area contributed by atoms with Crippen LogP contribution in [-0.4, -0.2) is 0 Å². The molecule has 0 saturated heterocycles. The van der Waals surface area contributed by atoms with Gasteiger partial charge in [-0.2, -0.15) is 0 Å². The molecule has 2 N–H and O–H groups in total. The largest absolute Gasteiger partial charge is 0.326 e. The predicted octanol–water partition coefficient (Wildman–Crippen LogP) is 4.10. The summed E-state index contributed by atoms with van der Waals surface area (Å²) in [6.45, 7) is 0.441. The van der Waals surface area contributed by atoms with E-state index in [9.17, 15) is 4.39 Å². The second kappa shape index (κ2) is 4.82. The average molecular weight is 251 g/mol. The van der Waals surface area contributed by atoms with Crippen molar-refractivity contribution in [2.75, 3.05) is 0 Å². The van der Waals surface area contributed by atoms with E-state index in [4.69, 9.17) is 5.73 Å². The van der Waals surface area contributed by atoms with Crippen LogP contribution in [0.4, 0.5) is 4.39 Å². The summed E-state index contributed by atoms with van der Waals surface area (Å²) in [5.74, 6) is -0.223. The Morgan fingerprint density at radius 1 is 0.895 bits per heavy atom. The van der Waals surface area contributed by atoms with Crippen LogP contribution in [0.25, 0.3) is 21.9 Å². The van der Waals surface area contributed by atoms with Crippen molar-refractivity contribution in [1.29, 1.82) is 0 Å². The van der Waals surface area contributed by atoms with Gasteiger partial charge in [0.2, 0.25) is 0 Å². The van der Waals surface area contributed by atoms with Gasteiger partial charge < -0.3 is 5.73 Å². The molecule has 3 rings (SSSR count). The van der Waals surface area contributed by atoms with Crippen LogP contribution in [0.3, 0.4) is 0 Å². The molecular formula is C17H14FN. The second-order valence-electron chi connectivity index (χ2n) is 4.54. The Morgan fingerprint density at radius 2 is 1.63 bits per heavy atom. The molecule has 0 fully saturated rings. The summed E-state index contributed by atoms with van der Waals surface area (Å²) in [5.41, 5.74) is 8.95. The summed E-state index contributed by atoms with van der Waals surface area (Å²) in [4.78, 5) is 0. The van der Waals surface area contributed by atoms with Crippen molar-refractivity contribution >= 4 is 10.8 Å². The third-order valence-electron chi connectivity index (χ3n) is 3.35. The highest BCUT2D eigenvalue weighted by molar-refractivity contribution is 5.98. The van der Waals surface area contributed by atoms with Crippen LogP contribution >= 0.6 is 0 Å². The summed E-state index contributed by atoms with van der Waals surface area (Å²) < 4.78 is 13.5. The Bertz CT molecular complexity index is 720. The first-order valence-electron chi connectivity index (χ1n) is 6.26. The van der Waals surface area contributed by atoms with Gasteiger partial charge in [-0.1, -0.05) is 48.5 Å². The van der Waals surface area contributed by atoms with Crippen molar-refractivity contribution in [1.82, 2.24) is 0 Å². The number of nitrogens with two attached hydrogens (primary N) is 1. The molecule has 1 nitrogen and oxygen atoms in total. The smallest absolute Gasteiger partial charge is 0.123 e. The van der Waals surface area contributed by atoms with Crippen LogP contribution < -0.4 is 5.73 Å². The van der Waals surface area contributed by atoms with Gasteiger partial charge in [-0.25, -0.2) is 4.39 Å². The summed E-state index contributed by atoms with van der Waals surface area (Å²) in [7, 11) is 0. The molecule has 2 heteroatoms. The van der Waals surface area contributed by atoms with Crippen molar-refractivity contribution in [2.45, 2.75) is 6.54 Å². The molecule has 0 bridgehead atoms. The minimum absolute atomic E-state index is 0.223. The van der Waals surface area contributed by atoms with Gasteiger partial charge in [0.25, 0.3) is 0 Å². The van der Waals surface area contributed by atoms with E-state index < -0.39 is 0 Å². The predicted molar refractivity (Wildman–Crippen MR) is 77.2 cm³/mol. The first-order valence-corrected chi connectivity index (χ1v) is 6.26. The fourth-order valence-electron chi connectivity index (χ4n) is 2.45. The van der Waals surface area contributed by atoms with E-state index in [-0.39, 0.29) is 5.82 Å². The summed E-state index contributed by atoms with van der Waals surface area (Å²) in [6, 6.07) is 18.9. The van der Waals surface area contributed by atoms with Gasteiger partial charge in [0.15, 0.2) is 0 Å². The minimum atomic E-state index is -0.223. The normalized spacial score (nSPS) is 10.8. The van der Waals surface area contributed by atoms with Gasteiger partial charge in [0.1, 0.15) is 5.82 Å². The number of hydrogen-bond donors (Lipinski definition) is 1. The molecule has 0 heterocycles. The van der Waals surface area contributed by atoms with Crippen LogP contribution in [0.15, 0.2) is 60.7 Å². The summed E-state index contributed by atoms with van der Waals surface area (Å²) in [5, 5.41) is 1.94. The molecule has 3 aromatic carbocycles. The van der Waals surface area contributed by atoms with E-state index in [2.05, 4.69) is 0 Å². The molecular weight excluding hydrogens is 237 g/mol. The first kappa shape index (κ1) is 11.9. The highest BCUT2D eigenvalue weighted by Crippen LogP contribution is 2.32. The monoisotopic (exact) mass is 251 g/mol. The Kier molecular flexibility index (Phi) is 3.02. The highest BCUT2D eigenvalue weighted by Gasteiger charge is 2.09. The SMILES string of the molecule is NCc1ccc2ccc(F)cc2c1-c1ccccc1. The minimum Gasteiger partial charge on any atom is -0.326 e. The lowest BCUT2D eigenvalue weighted by Gasteiger charge is -2.12. The van der Waals surface area contributed by atoms with Crippen molar-refractivity contribution in [2.24, 2.45) is 5.73 Å². The van der Waals surface area contributed by atoms with Crippen LogP contribution in [0.5, 0.6) is 0 Å². The number of halogens is 1. The van der Waals surface area contributed by atoms with E-state index in [1.165, 1.54) is 6.07 Å². The average Bonchev–Trinajstić information content (AvgIpc) is 2.46. The van der Waals surface area contributed by atoms with E-state index in [0.717, 1.165) is 27.5 Å². The molecule has 0 spiro atoms. The molecule has 0 radical (unpaired) electrons. The van der Waals surface area contributed by atoms with Crippen molar-refractivity contribution < 1.29 is 4.39 Å². The van der Waals surface area contributed by atoms with Crippen molar-refractivity contribution in [3.63, 3.8) is 0 Å². The standard InChI is InChI=1S/C17H14FN/c18-15-9-8-12-6-7-14(11-19)17(16(12)10-15)13-4-2-1-3-5-13/h1-10H,11,19H2. The number of hydrogen-bond acceptors (Lipinski definition) is 1. The Balaban J connectivity index is 2.39. The van der Waals surface area contributed by atoms with Crippen LogP contribution in [-0.2, 0) is 6.54 Å². The molecule has 0 aromatic heterocycles. The second-order valence-corrected chi connectivity index (χ2v) is 4.54. The van der Waals surface area contributed by atoms with Crippen LogP contribution in [0.1, 0.15) is 5.56 Å². The Labute approximate surface area is 111 Å². The molecule has 19 heavy (non-hydrogen) atoms. The highest BCUT2D eigenvalue weighted by atomic mass is 19.1. The number of rotatable bonds is 2. The zero-order valence-corrected chi connectivity index (χ0v) is 10.4. The lowest BCUT2D eigenvalue weighted by atomic mass is 9.93. The molecule has 0 aliphatic heterocycles. The topological polar surface area (TPSA) is 26.0 Å². The van der Waals surface area contributed by atoms with E-state index in [0.29, 0.717) is 6.54 Å². The first-order chi connectivity index (χ1) is 9.29. The summed E-state index contributed by atoms with van der Waals surface area (Å²) in [6.07, 6.45) is 0. The van der Waals surface area contributed by atoms with Gasteiger partial charge in [-0.3, -0.25) is 0 Å². The van der Waals surface area contributed by atoms with Crippen molar-refractivity contribution in [3.05, 3.63) is 72.0 Å². The fourth-order valence-corrected chi connectivity index (χ4v) is 2.45. The number of benzene rings is 3. The number of fused-ring (bicyclic) bond motifs is 1. The lowest BCUT2D eigenvalue weighted by molar-refractivity contribution is 0.630. The van der Waals surface area contributed by atoms with Gasteiger partial charge in [0.05, 0.1) is 0 Å². The molecule has 0 atom stereocenters. The van der Waals surface area contributed by atoms with E-state index in [1.807, 2.05) is 42.5 Å². The fraction of sp³-hybridized carbons (Fsp3) is 0.0588. The lowest BCUT2D eigenvalue weighted by Crippen LogP contribution is -1.99. The maximum Gasteiger partial charge on any atom is 0.123 e. The quantitative estimate of drug-likeness (QED) is 0.729. The van der Waals surface area contributed by atoms with E-state index in [1.54, 1.807) is 12.1 Å². The Hall–Kier alpha value is -2.19. The van der Waals surface area contributed by atoms with Crippen molar-refractivity contribution in [3.8, 4) is 11.1 Å². The molecule has 0 saturated carbocycles. The maximum atomic E-state index is 13.5. The van der Waals surface area contributed by atoms with Gasteiger partial charge in [-0.05, 0) is 39.6 Å². The third kappa shape index (κ3) is 2.11. The van der Waals surface area contributed by atoms with Gasteiger partial charge >= 0.3 is 0 Å². The third-order valence-corrected chi connectivity index (χ3v) is 3.35. The maximum absolute atomic E-state index is 13.5. The Morgan fingerprint density at radius 3 is 2.37 bits per heavy atom. The molecule has 3 aromatic rings. The van der Waals surface area contributed by atoms with Gasteiger partial charge in [-0.15, -0.1) is 0 Å². The zero-order valence-electron chi connectivity index (χ0n) is 10.4. The molecule has 0 amide bonds. The van der Waals surface area contributed by atoms with Crippen LogP contribution in [0, 0.1) is 5.82 Å². The van der Waals surface area contributed by atoms with E-state index >= 15 is 0 Å². The zero-order chi connectivity index (χ0) is 13.2. The van der Waals surface area contributed by atoms with Crippen LogP contribution in [0.2, 0.25) is 0 Å². The molecule has 0 aliphatic rings. The summed E-state index contributed by atoms with van der Waals surface area (Å²) >= 11 is 0. The molecule has 0 aliphatic carbocycles. The molecule has 0 unspecified atom stereocenters. The molecule has 94 valence electrons. The van der Waals surface area contributed by atoms with Gasteiger partial charge in [0, 0.05) is 6.54 Å².